The summed E-state index contributed by atoms with van der Waals surface area (Å²) in [7, 11) is 0. The monoisotopic (exact) mass is 433 g/mol. The number of hydrogen-bond donors (Lipinski definition) is 3. The molecule has 0 aliphatic heterocycles. The number of benzene rings is 2. The minimum atomic E-state index is -0.136. The van der Waals surface area contributed by atoms with Crippen LogP contribution in [0, 0.1) is 0 Å². The fourth-order valence-electron chi connectivity index (χ4n) is 2.77. The van der Waals surface area contributed by atoms with Gasteiger partial charge >= 0.3 is 0 Å². The average molecular weight is 434 g/mol. The number of nitrogens with one attached hydrogen (secondary N) is 2. The maximum Gasteiger partial charge on any atom is 0.232 e. The normalized spacial score (nSPS) is 10.6. The van der Waals surface area contributed by atoms with E-state index in [0.29, 0.717) is 28.4 Å². The fraction of sp³-hybridized carbons (Fsp3) is 0.100. The van der Waals surface area contributed by atoms with E-state index >= 15 is 0 Å². The van der Waals surface area contributed by atoms with E-state index in [4.69, 9.17) is 5.73 Å². The van der Waals surface area contributed by atoms with Gasteiger partial charge < -0.3 is 16.4 Å². The van der Waals surface area contributed by atoms with Crippen LogP contribution in [0.2, 0.25) is 0 Å². The number of hydrogen-bond acceptors (Lipinski definition) is 9. The number of para-hydroxylation sites is 1. The molecule has 0 aliphatic carbocycles. The van der Waals surface area contributed by atoms with Crippen molar-refractivity contribution in [2.45, 2.75) is 17.8 Å². The van der Waals surface area contributed by atoms with Gasteiger partial charge in [0.25, 0.3) is 0 Å². The Balaban J connectivity index is 1.50. The molecule has 4 N–H and O–H groups in total. The minimum absolute atomic E-state index is 0.133. The predicted molar refractivity (Wildman–Crippen MR) is 119 cm³/mol. The zero-order valence-electron chi connectivity index (χ0n) is 16.6. The third kappa shape index (κ3) is 5.34. The summed E-state index contributed by atoms with van der Waals surface area (Å²) in [6.45, 7) is 1.47. The Morgan fingerprint density at radius 1 is 1.06 bits per heavy atom. The molecule has 0 spiro atoms. The van der Waals surface area contributed by atoms with Gasteiger partial charge in [-0.1, -0.05) is 36.0 Å². The maximum absolute atomic E-state index is 11.3. The number of amides is 1. The van der Waals surface area contributed by atoms with Crippen molar-refractivity contribution < 1.29 is 4.79 Å². The predicted octanol–water partition coefficient (Wildman–Crippen LogP) is 3.03. The topological polar surface area (TPSA) is 137 Å². The molecule has 0 fully saturated rings. The summed E-state index contributed by atoms with van der Waals surface area (Å²) in [5, 5.41) is 14.7. The van der Waals surface area contributed by atoms with Crippen LogP contribution in [0.3, 0.4) is 0 Å². The summed E-state index contributed by atoms with van der Waals surface area (Å²) < 4.78 is 1.82. The molecule has 0 atom stereocenters. The summed E-state index contributed by atoms with van der Waals surface area (Å²) in [6.07, 6.45) is 1.61. The summed E-state index contributed by atoms with van der Waals surface area (Å²) in [5.41, 5.74) is 8.22. The van der Waals surface area contributed by atoms with Crippen molar-refractivity contribution in [3.8, 4) is 5.69 Å². The van der Waals surface area contributed by atoms with Crippen molar-refractivity contribution in [3.63, 3.8) is 0 Å². The van der Waals surface area contributed by atoms with Crippen LogP contribution < -0.4 is 16.4 Å². The zero-order valence-corrected chi connectivity index (χ0v) is 17.4. The average Bonchev–Trinajstić information content (AvgIpc) is 3.21. The SMILES string of the molecule is CC(=O)Nc1cccc(-n2cnnc2SCc2nc(N)nc(Nc3ccccc3)n2)c1. The molecule has 2 heterocycles. The van der Waals surface area contributed by atoms with Gasteiger partial charge in [-0.2, -0.15) is 15.0 Å². The van der Waals surface area contributed by atoms with Crippen LogP contribution in [0.15, 0.2) is 66.1 Å². The number of aromatic nitrogens is 6. The number of nitrogen functional groups attached to an aromatic ring is 1. The van der Waals surface area contributed by atoms with E-state index in [0.717, 1.165) is 11.4 Å². The van der Waals surface area contributed by atoms with Crippen LogP contribution in [0.4, 0.5) is 23.3 Å². The second-order valence-electron chi connectivity index (χ2n) is 6.43. The van der Waals surface area contributed by atoms with Gasteiger partial charge in [-0.15, -0.1) is 10.2 Å². The maximum atomic E-state index is 11.3. The lowest BCUT2D eigenvalue weighted by Crippen LogP contribution is -2.07. The van der Waals surface area contributed by atoms with Crippen LogP contribution in [-0.4, -0.2) is 35.6 Å². The van der Waals surface area contributed by atoms with Crippen molar-refractivity contribution in [2.75, 3.05) is 16.4 Å². The molecule has 1 amide bonds. The molecule has 0 bridgehead atoms. The second kappa shape index (κ2) is 9.22. The van der Waals surface area contributed by atoms with Gasteiger partial charge in [-0.25, -0.2) is 0 Å². The van der Waals surface area contributed by atoms with E-state index in [1.165, 1.54) is 18.7 Å². The van der Waals surface area contributed by atoms with Gasteiger partial charge in [0.05, 0.1) is 11.4 Å². The van der Waals surface area contributed by atoms with E-state index in [1.807, 2.05) is 59.2 Å². The van der Waals surface area contributed by atoms with Crippen molar-refractivity contribution in [3.05, 3.63) is 66.7 Å². The van der Waals surface area contributed by atoms with Gasteiger partial charge in [-0.3, -0.25) is 9.36 Å². The van der Waals surface area contributed by atoms with E-state index < -0.39 is 0 Å². The molecule has 0 saturated carbocycles. The molecular weight excluding hydrogens is 414 g/mol. The van der Waals surface area contributed by atoms with Crippen molar-refractivity contribution in [1.82, 2.24) is 29.7 Å². The van der Waals surface area contributed by atoms with E-state index in [1.54, 1.807) is 6.33 Å². The zero-order chi connectivity index (χ0) is 21.6. The number of nitrogens with two attached hydrogens (primary N) is 1. The molecule has 0 radical (unpaired) electrons. The molecule has 2 aromatic carbocycles. The summed E-state index contributed by atoms with van der Waals surface area (Å²) in [4.78, 5) is 24.1. The highest BCUT2D eigenvalue weighted by Crippen LogP contribution is 2.24. The lowest BCUT2D eigenvalue weighted by molar-refractivity contribution is -0.114. The number of carbonyl (C=O) groups is 1. The number of thioether (sulfide) groups is 1. The third-order valence-electron chi connectivity index (χ3n) is 4.02. The Hall–Kier alpha value is -3.99. The van der Waals surface area contributed by atoms with Crippen LogP contribution in [-0.2, 0) is 10.5 Å². The minimum Gasteiger partial charge on any atom is -0.368 e. The summed E-state index contributed by atoms with van der Waals surface area (Å²) >= 11 is 1.41. The van der Waals surface area contributed by atoms with Gasteiger partial charge in [0, 0.05) is 18.3 Å². The Morgan fingerprint density at radius 3 is 2.68 bits per heavy atom. The summed E-state index contributed by atoms with van der Waals surface area (Å²) in [6, 6.07) is 17.0. The van der Waals surface area contributed by atoms with Crippen molar-refractivity contribution >= 4 is 40.9 Å². The summed E-state index contributed by atoms with van der Waals surface area (Å²) in [5.74, 6) is 1.30. The first-order valence-electron chi connectivity index (χ1n) is 9.30. The quantitative estimate of drug-likeness (QED) is 0.376. The number of nitrogens with zero attached hydrogens (tertiary/aromatic N) is 6. The molecule has 0 saturated heterocycles. The smallest absolute Gasteiger partial charge is 0.232 e. The van der Waals surface area contributed by atoms with Gasteiger partial charge in [0.2, 0.25) is 17.8 Å². The first-order valence-corrected chi connectivity index (χ1v) is 10.3. The van der Waals surface area contributed by atoms with Crippen LogP contribution in [0.5, 0.6) is 0 Å². The Kier molecular flexibility index (Phi) is 6.03. The Bertz CT molecular complexity index is 1200. The van der Waals surface area contributed by atoms with Crippen molar-refractivity contribution in [1.29, 1.82) is 0 Å². The fourth-order valence-corrected chi connectivity index (χ4v) is 3.56. The van der Waals surface area contributed by atoms with Crippen LogP contribution >= 0.6 is 11.8 Å². The van der Waals surface area contributed by atoms with E-state index in [2.05, 4.69) is 35.8 Å². The van der Waals surface area contributed by atoms with E-state index in [-0.39, 0.29) is 11.9 Å². The molecule has 10 nitrogen and oxygen atoms in total. The van der Waals surface area contributed by atoms with Crippen LogP contribution in [0.25, 0.3) is 5.69 Å². The molecule has 0 unspecified atom stereocenters. The van der Waals surface area contributed by atoms with Gasteiger partial charge in [0.1, 0.15) is 12.2 Å². The number of carbonyl (C=O) groups excluding carboxylic acids is 1. The lowest BCUT2D eigenvalue weighted by Gasteiger charge is -2.09. The van der Waals surface area contributed by atoms with E-state index in [9.17, 15) is 4.79 Å². The Morgan fingerprint density at radius 2 is 1.87 bits per heavy atom. The number of rotatable bonds is 7. The Labute approximate surface area is 182 Å². The molecule has 11 heteroatoms. The number of anilines is 4. The van der Waals surface area contributed by atoms with Gasteiger partial charge in [0.15, 0.2) is 5.16 Å². The largest absolute Gasteiger partial charge is 0.368 e. The molecule has 4 rings (SSSR count). The molecule has 31 heavy (non-hydrogen) atoms. The van der Waals surface area contributed by atoms with Gasteiger partial charge in [-0.05, 0) is 30.3 Å². The lowest BCUT2D eigenvalue weighted by atomic mass is 10.2. The highest BCUT2D eigenvalue weighted by Gasteiger charge is 2.11. The highest BCUT2D eigenvalue weighted by molar-refractivity contribution is 7.98. The molecule has 0 aliphatic rings. The first-order chi connectivity index (χ1) is 15.1. The second-order valence-corrected chi connectivity index (χ2v) is 7.37. The molecular formula is C20H19N9OS. The molecule has 2 aromatic heterocycles. The molecule has 4 aromatic rings. The first kappa shape index (κ1) is 20.3. The standard InChI is InChI=1S/C20H19N9OS/c1-13(30)23-15-8-5-9-16(10-15)29-12-22-28-20(29)31-11-17-25-18(21)27-19(26-17)24-14-6-3-2-4-7-14/h2-10,12H,11H2,1H3,(H,23,30)(H3,21,24,25,26,27). The molecule has 156 valence electrons. The van der Waals surface area contributed by atoms with Crippen molar-refractivity contribution in [2.24, 2.45) is 0 Å². The highest BCUT2D eigenvalue weighted by atomic mass is 32.2. The van der Waals surface area contributed by atoms with Crippen LogP contribution in [0.1, 0.15) is 12.7 Å². The third-order valence-corrected chi connectivity index (χ3v) is 4.96.